The van der Waals surface area contributed by atoms with E-state index in [9.17, 15) is 48.6 Å². The second-order valence-corrected chi connectivity index (χ2v) is 24.3. The Bertz CT molecular complexity index is 2980. The topological polar surface area (TPSA) is 367 Å². The molecule has 0 aromatic heterocycles. The minimum absolute atomic E-state index is 0.0325. The third kappa shape index (κ3) is 17.4. The van der Waals surface area contributed by atoms with E-state index in [1.807, 2.05) is 0 Å². The van der Waals surface area contributed by atoms with Crippen LogP contribution in [0.15, 0.2) is 91.0 Å². The van der Waals surface area contributed by atoms with Gasteiger partial charge in [-0.3, -0.25) is 38.4 Å². The molecule has 10 N–H and O–H groups in total. The van der Waals surface area contributed by atoms with Gasteiger partial charge in [0.1, 0.15) is 36.0 Å². The number of hydrogen-bond acceptors (Lipinski definition) is 20. The molecule has 90 heavy (non-hydrogen) atoms. The molecule has 0 radical (unpaired) electrons. The second kappa shape index (κ2) is 32.4. The van der Waals surface area contributed by atoms with Crippen molar-refractivity contribution in [3.63, 3.8) is 0 Å². The van der Waals surface area contributed by atoms with Crippen LogP contribution < -0.4 is 32.7 Å². The van der Waals surface area contributed by atoms with Gasteiger partial charge in [0.15, 0.2) is 17.5 Å². The standard InChI is InChI=1S/C66H88N6O18/c1-5-6-7-20-34-70-61(81)48(29-17-19-32-67)71-60(80)47(68)28-18-21-33-69-51(76)30-31-52(77)88-55(53(42-22-11-8-12-23-42)72-59(79)43-24-13-9-14-25-43)63(83)87-46-35-45-37-65(84,38-46)58(89-62(82)44-26-15-10-16-27-44)56-64(4,57(78)54(45)86-40(2)73)49(75)36-50-66(56,39-85-50)90-41(3)74/h8-16,22-27,45-50,53-56,58,75,84H,5-7,17-21,28-39,67-68H2,1-4H3,(H,69,76)(H,70,81)(H,71,80)(H,72,79)/t45?,46?,47?,48?,49-,50+,53?,54+,55+,56?,58+,64+,65+,66+/m0/s1. The summed E-state index contributed by atoms with van der Waals surface area (Å²) in [5.74, 6) is -10.7. The first kappa shape index (κ1) is 69.8. The summed E-state index contributed by atoms with van der Waals surface area (Å²) in [7, 11) is 0. The molecule has 1 saturated heterocycles. The lowest BCUT2D eigenvalue weighted by Gasteiger charge is -2.65. The zero-order valence-corrected chi connectivity index (χ0v) is 51.7. The summed E-state index contributed by atoms with van der Waals surface area (Å²) in [4.78, 5) is 139. The second-order valence-electron chi connectivity index (χ2n) is 24.3. The van der Waals surface area contributed by atoms with Crippen molar-refractivity contribution in [1.29, 1.82) is 0 Å². The van der Waals surface area contributed by atoms with Crippen LogP contribution in [0.5, 0.6) is 0 Å². The summed E-state index contributed by atoms with van der Waals surface area (Å²) in [6.07, 6.45) is -5.52. The Morgan fingerprint density at radius 3 is 2.00 bits per heavy atom. The monoisotopic (exact) mass is 1250 g/mol. The number of hydrogen-bond donors (Lipinski definition) is 8. The van der Waals surface area contributed by atoms with Crippen molar-refractivity contribution in [2.24, 2.45) is 28.7 Å². The molecule has 3 saturated carbocycles. The summed E-state index contributed by atoms with van der Waals surface area (Å²) in [6.45, 7) is 6.41. The quantitative estimate of drug-likeness (QED) is 0.0256. The Kier molecular flexibility index (Phi) is 25.1. The van der Waals surface area contributed by atoms with Crippen molar-refractivity contribution < 1.29 is 86.6 Å². The maximum Gasteiger partial charge on any atom is 0.350 e. The lowest BCUT2D eigenvalue weighted by molar-refractivity contribution is -0.344. The van der Waals surface area contributed by atoms with Gasteiger partial charge >= 0.3 is 29.8 Å². The Morgan fingerprint density at radius 2 is 1.37 bits per heavy atom. The highest BCUT2D eigenvalue weighted by Crippen LogP contribution is 2.61. The van der Waals surface area contributed by atoms with Crippen LogP contribution in [-0.4, -0.2) is 156 Å². The molecule has 4 amide bonds. The molecule has 2 bridgehead atoms. The maximum atomic E-state index is 15.5. The van der Waals surface area contributed by atoms with Crippen LogP contribution in [0.2, 0.25) is 0 Å². The first-order valence-electron chi connectivity index (χ1n) is 31.4. The first-order chi connectivity index (χ1) is 43.0. The predicted octanol–water partition coefficient (Wildman–Crippen LogP) is 4.04. The lowest BCUT2D eigenvalue weighted by Crippen LogP contribution is -2.80. The van der Waals surface area contributed by atoms with Crippen molar-refractivity contribution in [3.8, 4) is 0 Å². The van der Waals surface area contributed by atoms with Crippen LogP contribution >= 0.6 is 0 Å². The van der Waals surface area contributed by atoms with Gasteiger partial charge in [0.25, 0.3) is 5.91 Å². The zero-order valence-electron chi connectivity index (χ0n) is 51.7. The Hall–Kier alpha value is -7.64. The van der Waals surface area contributed by atoms with Crippen LogP contribution in [0.4, 0.5) is 0 Å². The van der Waals surface area contributed by atoms with Gasteiger partial charge in [-0.25, -0.2) is 9.59 Å². The van der Waals surface area contributed by atoms with Crippen molar-refractivity contribution in [2.45, 2.75) is 196 Å². The molecule has 1 aliphatic heterocycles. The van der Waals surface area contributed by atoms with Crippen LogP contribution in [0.3, 0.4) is 0 Å². The number of aliphatic hydroxyl groups is 2. The molecule has 24 nitrogen and oxygen atoms in total. The maximum absolute atomic E-state index is 15.5. The third-order valence-corrected chi connectivity index (χ3v) is 17.7. The van der Waals surface area contributed by atoms with Crippen molar-refractivity contribution in [3.05, 3.63) is 108 Å². The lowest BCUT2D eigenvalue weighted by atomic mass is 9.47. The molecule has 6 unspecified atom stereocenters. The van der Waals surface area contributed by atoms with Gasteiger partial charge in [0, 0.05) is 57.7 Å². The number of aliphatic hydroxyl groups excluding tert-OH is 1. The summed E-state index contributed by atoms with van der Waals surface area (Å²) in [6, 6.07) is 20.6. The molecule has 0 spiro atoms. The minimum atomic E-state index is -2.35. The number of amides is 4. The fraction of sp³-hybridized carbons (Fsp3) is 0.576. The molecule has 24 heteroatoms. The SMILES string of the molecule is CCCCCCNC(=O)C(CCCCN)NC(=O)C(N)CCCCNC(=O)CCC(=O)O[C@@H](C(=O)OC1CC2C[C@@](O)(C1)[C@H](OC(=O)c1ccccc1)C1[C@@]3(OC(C)=O)CO[C@@H]3C[C@H](O)[C@@]1(C)C(=O)[C@@H]2OC(C)=O)C(NC(=O)c1ccccc1)c1ccccc1. The van der Waals surface area contributed by atoms with Crippen molar-refractivity contribution in [1.82, 2.24) is 21.3 Å². The van der Waals surface area contributed by atoms with Gasteiger partial charge in [-0.2, -0.15) is 0 Å². The molecule has 7 rings (SSSR count). The van der Waals surface area contributed by atoms with Gasteiger partial charge in [-0.1, -0.05) is 92.9 Å². The summed E-state index contributed by atoms with van der Waals surface area (Å²) < 4.78 is 36.4. The minimum Gasteiger partial charge on any atom is -0.459 e. The van der Waals surface area contributed by atoms with Crippen LogP contribution in [0.1, 0.15) is 163 Å². The number of ketones is 1. The normalized spacial score (nSPS) is 26.2. The Balaban J connectivity index is 1.10. The number of fused-ring (bicyclic) bond motifs is 5. The highest BCUT2D eigenvalue weighted by atomic mass is 16.6. The first-order valence-corrected chi connectivity index (χ1v) is 31.4. The third-order valence-electron chi connectivity index (χ3n) is 17.7. The van der Waals surface area contributed by atoms with Crippen molar-refractivity contribution >= 4 is 59.3 Å². The number of nitrogens with one attached hydrogen (secondary N) is 4. The molecule has 4 fully saturated rings. The number of esters is 5. The molecule has 3 aliphatic carbocycles. The highest BCUT2D eigenvalue weighted by molar-refractivity contribution is 5.96. The van der Waals surface area contributed by atoms with Gasteiger partial charge in [-0.15, -0.1) is 0 Å². The fourth-order valence-electron chi connectivity index (χ4n) is 13.1. The predicted molar refractivity (Wildman–Crippen MR) is 324 cm³/mol. The number of carbonyl (C=O) groups excluding carboxylic acids is 10. The molecular formula is C66H88N6O18. The van der Waals surface area contributed by atoms with Gasteiger partial charge in [0.2, 0.25) is 23.8 Å². The summed E-state index contributed by atoms with van der Waals surface area (Å²) in [5, 5.41) is 36.9. The smallest absolute Gasteiger partial charge is 0.350 e. The van der Waals surface area contributed by atoms with E-state index >= 15 is 9.59 Å². The number of Topliss-reactive ketones (excluding diaryl/α,β-unsaturated/α-hetero) is 1. The Morgan fingerprint density at radius 1 is 0.722 bits per heavy atom. The molecule has 490 valence electrons. The summed E-state index contributed by atoms with van der Waals surface area (Å²) in [5.41, 5.74) is 6.17. The van der Waals surface area contributed by atoms with E-state index in [0.29, 0.717) is 45.2 Å². The number of carbonyl (C=O) groups is 10. The van der Waals surface area contributed by atoms with E-state index in [2.05, 4.69) is 28.2 Å². The van der Waals surface area contributed by atoms with Gasteiger partial charge < -0.3 is 71.4 Å². The van der Waals surface area contributed by atoms with Gasteiger partial charge in [-0.05, 0) is 101 Å². The van der Waals surface area contributed by atoms with Crippen LogP contribution in [-0.2, 0) is 66.8 Å². The average Bonchev–Trinajstić information content (AvgIpc) is 0.683. The molecule has 14 atom stereocenters. The number of unbranched alkanes of at least 4 members (excludes halogenated alkanes) is 5. The number of ether oxygens (including phenoxy) is 6. The number of nitrogens with two attached hydrogens (primary N) is 2. The van der Waals surface area contributed by atoms with E-state index < -0.39 is 162 Å². The molecular weight excluding hydrogens is 1160 g/mol. The number of rotatable bonds is 31. The van der Waals surface area contributed by atoms with E-state index in [0.717, 1.165) is 39.5 Å². The Labute approximate surface area is 524 Å². The van der Waals surface area contributed by atoms with Crippen LogP contribution in [0, 0.1) is 17.3 Å². The van der Waals surface area contributed by atoms with E-state index in [1.54, 1.807) is 66.7 Å². The van der Waals surface area contributed by atoms with Crippen molar-refractivity contribution in [2.75, 3.05) is 26.2 Å². The zero-order chi connectivity index (χ0) is 65.2. The summed E-state index contributed by atoms with van der Waals surface area (Å²) >= 11 is 0. The molecule has 4 aliphatic rings. The largest absolute Gasteiger partial charge is 0.459 e. The van der Waals surface area contributed by atoms with E-state index in [4.69, 9.17) is 39.9 Å². The molecule has 3 aromatic carbocycles. The van der Waals surface area contributed by atoms with E-state index in [1.165, 1.54) is 31.2 Å². The van der Waals surface area contributed by atoms with E-state index in [-0.39, 0.29) is 55.0 Å². The molecule has 1 heterocycles. The molecule has 3 aromatic rings. The average molecular weight is 1250 g/mol. The van der Waals surface area contributed by atoms with Crippen LogP contribution in [0.25, 0.3) is 0 Å². The van der Waals surface area contributed by atoms with Gasteiger partial charge in [0.05, 0.1) is 42.1 Å². The fourth-order valence-corrected chi connectivity index (χ4v) is 13.1. The number of benzene rings is 3. The highest BCUT2D eigenvalue weighted by Gasteiger charge is 2.76.